The molecule has 0 spiro atoms. The number of ketones is 1. The summed E-state index contributed by atoms with van der Waals surface area (Å²) in [6.07, 6.45) is 3.34. The van der Waals surface area contributed by atoms with Gasteiger partial charge in [-0.1, -0.05) is 24.6 Å². The van der Waals surface area contributed by atoms with Crippen molar-refractivity contribution < 1.29 is 14.1 Å². The van der Waals surface area contributed by atoms with Gasteiger partial charge < -0.3 is 0 Å². The van der Waals surface area contributed by atoms with E-state index in [2.05, 4.69) is 0 Å². The molecule has 0 N–H and O–H groups in total. The Morgan fingerprint density at radius 1 is 1.35 bits per heavy atom. The van der Waals surface area contributed by atoms with Crippen LogP contribution in [0.15, 0.2) is 24.3 Å². The van der Waals surface area contributed by atoms with Crippen LogP contribution in [0.5, 0.6) is 0 Å². The number of Topliss-reactive ketones (excluding diaryl/α,β-unsaturated/α-hetero) is 1. The Labute approximate surface area is 117 Å². The number of nitrogens with zero attached hydrogens (tertiary/aromatic N) is 1. The maximum absolute atomic E-state index is 13.6. The second-order valence-electron chi connectivity index (χ2n) is 5.38. The van der Waals surface area contributed by atoms with Crippen LogP contribution in [0, 0.1) is 21.8 Å². The summed E-state index contributed by atoms with van der Waals surface area (Å²) in [5.41, 5.74) is 0.345. The smallest absolute Gasteiger partial charge is 0.217 e. The first-order chi connectivity index (χ1) is 9.58. The first-order valence-corrected chi connectivity index (χ1v) is 6.97. The number of halogens is 1. The number of nitro groups is 1. The van der Waals surface area contributed by atoms with E-state index in [1.807, 2.05) is 0 Å². The Kier molecular flexibility index (Phi) is 4.82. The number of rotatable bonds is 5. The highest BCUT2D eigenvalue weighted by molar-refractivity contribution is 5.81. The minimum atomic E-state index is -0.890. The van der Waals surface area contributed by atoms with Crippen molar-refractivity contribution in [1.82, 2.24) is 0 Å². The first-order valence-electron chi connectivity index (χ1n) is 6.97. The van der Waals surface area contributed by atoms with Gasteiger partial charge >= 0.3 is 0 Å². The molecule has 108 valence electrons. The third-order valence-electron chi connectivity index (χ3n) is 3.95. The highest BCUT2D eigenvalue weighted by Gasteiger charge is 2.31. The van der Waals surface area contributed by atoms with Crippen molar-refractivity contribution in [3.8, 4) is 0 Å². The molecule has 2 rings (SSSR count). The summed E-state index contributed by atoms with van der Waals surface area (Å²) in [4.78, 5) is 22.6. The van der Waals surface area contributed by atoms with Crippen molar-refractivity contribution in [2.24, 2.45) is 5.92 Å². The topological polar surface area (TPSA) is 60.2 Å². The molecule has 0 saturated heterocycles. The van der Waals surface area contributed by atoms with Gasteiger partial charge in [0.1, 0.15) is 11.6 Å². The average Bonchev–Trinajstić information content (AvgIpc) is 2.42. The van der Waals surface area contributed by atoms with Crippen molar-refractivity contribution in [2.45, 2.75) is 44.6 Å². The van der Waals surface area contributed by atoms with Crippen molar-refractivity contribution in [3.05, 3.63) is 45.8 Å². The molecule has 1 aliphatic carbocycles. The Bertz CT molecular complexity index is 504. The van der Waals surface area contributed by atoms with Crippen molar-refractivity contribution in [3.63, 3.8) is 0 Å². The molecule has 2 atom stereocenters. The molecule has 4 nitrogen and oxygen atoms in total. The molecule has 1 aliphatic rings. The van der Waals surface area contributed by atoms with Crippen LogP contribution in [0.3, 0.4) is 0 Å². The van der Waals surface area contributed by atoms with Gasteiger partial charge in [0.25, 0.3) is 0 Å². The van der Waals surface area contributed by atoms with Gasteiger partial charge in [-0.25, -0.2) is 4.39 Å². The highest BCUT2D eigenvalue weighted by Crippen LogP contribution is 2.26. The molecule has 1 fully saturated rings. The summed E-state index contributed by atoms with van der Waals surface area (Å²) in [7, 11) is 0. The summed E-state index contributed by atoms with van der Waals surface area (Å²) in [6.45, 7) is 0. The maximum Gasteiger partial charge on any atom is 0.217 e. The lowest BCUT2D eigenvalue weighted by Crippen LogP contribution is -2.30. The molecule has 0 radical (unpaired) electrons. The van der Waals surface area contributed by atoms with E-state index in [4.69, 9.17) is 0 Å². The van der Waals surface area contributed by atoms with Crippen LogP contribution in [0.2, 0.25) is 0 Å². The fourth-order valence-electron chi connectivity index (χ4n) is 2.79. The Hall–Kier alpha value is -1.78. The molecule has 1 aromatic carbocycles. The van der Waals surface area contributed by atoms with Crippen molar-refractivity contribution in [1.29, 1.82) is 0 Å². The molecule has 0 unspecified atom stereocenters. The summed E-state index contributed by atoms with van der Waals surface area (Å²) in [5.74, 6) is -0.531. The van der Waals surface area contributed by atoms with Gasteiger partial charge in [-0.2, -0.15) is 0 Å². The molecule has 1 aromatic rings. The fourth-order valence-corrected chi connectivity index (χ4v) is 2.79. The Balaban J connectivity index is 2.06. The van der Waals surface area contributed by atoms with Gasteiger partial charge in [-0.3, -0.25) is 14.9 Å². The number of carbonyl (C=O) groups is 1. The van der Waals surface area contributed by atoms with Gasteiger partial charge in [0.2, 0.25) is 6.04 Å². The third kappa shape index (κ3) is 3.62. The molecule has 0 amide bonds. The van der Waals surface area contributed by atoms with Gasteiger partial charge in [0.15, 0.2) is 0 Å². The highest BCUT2D eigenvalue weighted by atomic mass is 19.1. The zero-order valence-electron chi connectivity index (χ0n) is 11.3. The van der Waals surface area contributed by atoms with Crippen molar-refractivity contribution >= 4 is 5.78 Å². The van der Waals surface area contributed by atoms with Crippen molar-refractivity contribution in [2.75, 3.05) is 0 Å². The molecule has 1 saturated carbocycles. The van der Waals surface area contributed by atoms with Gasteiger partial charge in [-0.15, -0.1) is 0 Å². The molecule has 20 heavy (non-hydrogen) atoms. The molecular formula is C15H18FNO3. The predicted octanol–water partition coefficient (Wildman–Crippen LogP) is 3.16. The molecule has 0 aliphatic heterocycles. The van der Waals surface area contributed by atoms with Crippen LogP contribution in [-0.2, 0) is 11.2 Å². The van der Waals surface area contributed by atoms with Crippen LogP contribution in [0.4, 0.5) is 4.39 Å². The predicted molar refractivity (Wildman–Crippen MR) is 72.5 cm³/mol. The number of hydrogen-bond acceptors (Lipinski definition) is 3. The second kappa shape index (κ2) is 6.59. The van der Waals surface area contributed by atoms with Gasteiger partial charge in [-0.05, 0) is 24.5 Å². The van der Waals surface area contributed by atoms with Crippen LogP contribution < -0.4 is 0 Å². The lowest BCUT2D eigenvalue weighted by Gasteiger charge is -2.21. The molecule has 0 bridgehead atoms. The maximum atomic E-state index is 13.6. The normalized spacial score (nSPS) is 20.6. The van der Waals surface area contributed by atoms with E-state index in [1.165, 1.54) is 6.07 Å². The summed E-state index contributed by atoms with van der Waals surface area (Å²) < 4.78 is 13.6. The van der Waals surface area contributed by atoms with E-state index < -0.39 is 11.9 Å². The average molecular weight is 279 g/mol. The monoisotopic (exact) mass is 279 g/mol. The van der Waals surface area contributed by atoms with E-state index in [0.717, 1.165) is 19.3 Å². The molecule has 5 heteroatoms. The zero-order valence-corrected chi connectivity index (χ0v) is 11.3. The lowest BCUT2D eigenvalue weighted by molar-refractivity contribution is -0.524. The second-order valence-corrected chi connectivity index (χ2v) is 5.38. The van der Waals surface area contributed by atoms with E-state index in [1.54, 1.807) is 18.2 Å². The SMILES string of the molecule is O=C1CCCC[C@@H]1C[C@H](Cc1ccccc1F)[N+](=O)[O-]. The quantitative estimate of drug-likeness (QED) is 0.614. The summed E-state index contributed by atoms with van der Waals surface area (Å²) in [5, 5.41) is 11.2. The van der Waals surface area contributed by atoms with E-state index in [0.29, 0.717) is 12.0 Å². The lowest BCUT2D eigenvalue weighted by atomic mass is 9.82. The minimum Gasteiger partial charge on any atom is -0.299 e. The van der Waals surface area contributed by atoms with E-state index in [-0.39, 0.29) is 29.5 Å². The fraction of sp³-hybridized carbons (Fsp3) is 0.533. The molecule has 0 heterocycles. The number of benzene rings is 1. The van der Waals surface area contributed by atoms with Gasteiger partial charge in [0.05, 0.1) is 0 Å². The third-order valence-corrected chi connectivity index (χ3v) is 3.95. The van der Waals surface area contributed by atoms with Crippen LogP contribution in [-0.4, -0.2) is 16.7 Å². The van der Waals surface area contributed by atoms with E-state index in [9.17, 15) is 19.3 Å². The van der Waals surface area contributed by atoms with E-state index >= 15 is 0 Å². The first kappa shape index (κ1) is 14.6. The molecular weight excluding hydrogens is 261 g/mol. The standard InChI is InChI=1S/C15H18FNO3/c16-14-7-3-1-5-11(14)9-13(17(19)20)10-12-6-2-4-8-15(12)18/h1,3,5,7,12-13H,2,4,6,8-10H2/t12-,13+/m1/s1. The summed E-state index contributed by atoms with van der Waals surface area (Å²) in [6, 6.07) is 5.21. The van der Waals surface area contributed by atoms with Crippen LogP contribution >= 0.6 is 0 Å². The largest absolute Gasteiger partial charge is 0.299 e. The Morgan fingerprint density at radius 2 is 2.10 bits per heavy atom. The summed E-state index contributed by atoms with van der Waals surface area (Å²) >= 11 is 0. The molecule has 0 aromatic heterocycles. The minimum absolute atomic E-state index is 0.0451. The van der Waals surface area contributed by atoms with Crippen LogP contribution in [0.1, 0.15) is 37.7 Å². The number of carbonyl (C=O) groups excluding carboxylic acids is 1. The Morgan fingerprint density at radius 3 is 2.75 bits per heavy atom. The number of hydrogen-bond donors (Lipinski definition) is 0. The zero-order chi connectivity index (χ0) is 14.5. The van der Waals surface area contributed by atoms with Gasteiger partial charge in [0, 0.05) is 30.1 Å². The van der Waals surface area contributed by atoms with Crippen LogP contribution in [0.25, 0.3) is 0 Å².